The molecule has 28 heavy (non-hydrogen) atoms. The maximum atomic E-state index is 12.9. The highest BCUT2D eigenvalue weighted by molar-refractivity contribution is 5.99. The van der Waals surface area contributed by atoms with Crippen LogP contribution in [0.4, 0.5) is 0 Å². The average molecular weight is 380 g/mol. The van der Waals surface area contributed by atoms with E-state index in [1.54, 1.807) is 0 Å². The minimum Gasteiger partial charge on any atom is -0.347 e. The maximum absolute atomic E-state index is 12.9. The Morgan fingerprint density at radius 3 is 2.61 bits per heavy atom. The van der Waals surface area contributed by atoms with E-state index in [-0.39, 0.29) is 29.7 Å². The van der Waals surface area contributed by atoms with Crippen molar-refractivity contribution in [3.05, 3.63) is 36.0 Å². The molecule has 2 aromatic rings. The van der Waals surface area contributed by atoms with Crippen molar-refractivity contribution in [1.29, 1.82) is 5.26 Å². The Bertz CT molecular complexity index is 909. The van der Waals surface area contributed by atoms with Crippen LogP contribution in [0.5, 0.6) is 0 Å². The van der Waals surface area contributed by atoms with E-state index < -0.39 is 6.04 Å². The van der Waals surface area contributed by atoms with Gasteiger partial charge in [0.2, 0.25) is 5.91 Å². The van der Waals surface area contributed by atoms with Crippen molar-refractivity contribution >= 4 is 22.7 Å². The lowest BCUT2D eigenvalue weighted by atomic mass is 9.83. The number of fused-ring (bicyclic) bond motifs is 1. The number of nitrogens with one attached hydrogen (secondary N) is 2. The highest BCUT2D eigenvalue weighted by Gasteiger charge is 2.34. The van der Waals surface area contributed by atoms with Crippen LogP contribution in [0.1, 0.15) is 50.0 Å². The molecule has 3 atom stereocenters. The lowest BCUT2D eigenvalue weighted by Gasteiger charge is -2.32. The molecule has 1 saturated carbocycles. The first-order chi connectivity index (χ1) is 13.4. The molecule has 6 nitrogen and oxygen atoms in total. The fraction of sp³-hybridized carbons (Fsp3) is 0.500. The Labute approximate surface area is 165 Å². The minimum absolute atomic E-state index is 0.0429. The molecule has 1 heterocycles. The number of hydrogen-bond acceptors (Lipinski definition) is 3. The van der Waals surface area contributed by atoms with Crippen molar-refractivity contribution in [1.82, 2.24) is 15.2 Å². The van der Waals surface area contributed by atoms with Gasteiger partial charge in [0.25, 0.3) is 5.91 Å². The largest absolute Gasteiger partial charge is 0.347 e. The van der Waals surface area contributed by atoms with Crippen molar-refractivity contribution in [2.45, 2.75) is 51.6 Å². The van der Waals surface area contributed by atoms with Crippen LogP contribution in [0.15, 0.2) is 30.3 Å². The van der Waals surface area contributed by atoms with E-state index in [0.29, 0.717) is 5.69 Å². The number of amides is 2. The summed E-state index contributed by atoms with van der Waals surface area (Å²) in [5, 5.41) is 16.2. The van der Waals surface area contributed by atoms with E-state index in [4.69, 9.17) is 0 Å². The van der Waals surface area contributed by atoms with Gasteiger partial charge in [-0.1, -0.05) is 44.9 Å². The SMILES string of the molecule is CC(C)[C@@H](C#N)NC(=O)[C@@H]1CCCC[C@@H]1NC(=O)c1cc2ccccc2n1C. The van der Waals surface area contributed by atoms with Crippen LogP contribution in [0.25, 0.3) is 10.9 Å². The van der Waals surface area contributed by atoms with Crippen LogP contribution in [0.3, 0.4) is 0 Å². The number of benzene rings is 1. The third kappa shape index (κ3) is 4.04. The lowest BCUT2D eigenvalue weighted by molar-refractivity contribution is -0.127. The number of aromatic nitrogens is 1. The summed E-state index contributed by atoms with van der Waals surface area (Å²) in [7, 11) is 1.88. The van der Waals surface area contributed by atoms with Crippen LogP contribution >= 0.6 is 0 Å². The monoisotopic (exact) mass is 380 g/mol. The van der Waals surface area contributed by atoms with Crippen molar-refractivity contribution in [3.63, 3.8) is 0 Å². The summed E-state index contributed by atoms with van der Waals surface area (Å²) in [5.74, 6) is -0.560. The Hall–Kier alpha value is -2.81. The van der Waals surface area contributed by atoms with Gasteiger partial charge in [-0.2, -0.15) is 5.26 Å². The van der Waals surface area contributed by atoms with Crippen LogP contribution in [-0.4, -0.2) is 28.5 Å². The van der Waals surface area contributed by atoms with Crippen molar-refractivity contribution in [2.24, 2.45) is 18.9 Å². The van der Waals surface area contributed by atoms with E-state index in [2.05, 4.69) is 16.7 Å². The molecule has 6 heteroatoms. The Kier molecular flexibility index (Phi) is 6.03. The molecule has 1 aromatic heterocycles. The fourth-order valence-corrected chi connectivity index (χ4v) is 3.97. The van der Waals surface area contributed by atoms with Gasteiger partial charge in [-0.25, -0.2) is 0 Å². The summed E-state index contributed by atoms with van der Waals surface area (Å²) in [6, 6.07) is 11.2. The lowest BCUT2D eigenvalue weighted by Crippen LogP contribution is -2.51. The number of nitrogens with zero attached hydrogens (tertiary/aromatic N) is 2. The van der Waals surface area contributed by atoms with E-state index in [1.165, 1.54) is 0 Å². The number of carbonyl (C=O) groups excluding carboxylic acids is 2. The molecule has 0 radical (unpaired) electrons. The number of aryl methyl sites for hydroxylation is 1. The summed E-state index contributed by atoms with van der Waals surface area (Å²) in [4.78, 5) is 25.7. The molecule has 2 amide bonds. The number of para-hydroxylation sites is 1. The van der Waals surface area contributed by atoms with Crippen LogP contribution in [-0.2, 0) is 11.8 Å². The van der Waals surface area contributed by atoms with Gasteiger partial charge in [-0.3, -0.25) is 9.59 Å². The molecular formula is C22H28N4O2. The predicted octanol–water partition coefficient (Wildman–Crippen LogP) is 3.13. The zero-order valence-corrected chi connectivity index (χ0v) is 16.7. The Morgan fingerprint density at radius 2 is 1.93 bits per heavy atom. The normalized spacial score (nSPS) is 20.5. The third-order valence-electron chi connectivity index (χ3n) is 5.71. The summed E-state index contributed by atoms with van der Waals surface area (Å²) in [6.07, 6.45) is 3.43. The number of carbonyl (C=O) groups is 2. The Morgan fingerprint density at radius 1 is 1.21 bits per heavy atom. The summed E-state index contributed by atoms with van der Waals surface area (Å²) in [6.45, 7) is 3.82. The molecule has 1 aromatic carbocycles. The van der Waals surface area contributed by atoms with E-state index in [9.17, 15) is 14.9 Å². The number of rotatable bonds is 5. The molecular weight excluding hydrogens is 352 g/mol. The molecule has 1 aliphatic carbocycles. The molecule has 148 valence electrons. The van der Waals surface area contributed by atoms with Gasteiger partial charge < -0.3 is 15.2 Å². The molecule has 0 unspecified atom stereocenters. The Balaban J connectivity index is 1.75. The van der Waals surface area contributed by atoms with Gasteiger partial charge >= 0.3 is 0 Å². The average Bonchev–Trinajstić information content (AvgIpc) is 3.03. The van der Waals surface area contributed by atoms with Crippen molar-refractivity contribution < 1.29 is 9.59 Å². The van der Waals surface area contributed by atoms with Crippen molar-refractivity contribution in [2.75, 3.05) is 0 Å². The van der Waals surface area contributed by atoms with Gasteiger partial charge in [-0.05, 0) is 30.9 Å². The van der Waals surface area contributed by atoms with E-state index in [1.807, 2.05) is 55.8 Å². The second-order valence-corrected chi connectivity index (χ2v) is 7.98. The van der Waals surface area contributed by atoms with Gasteiger partial charge in [0.05, 0.1) is 12.0 Å². The minimum atomic E-state index is -0.510. The maximum Gasteiger partial charge on any atom is 0.268 e. The first-order valence-corrected chi connectivity index (χ1v) is 9.97. The fourth-order valence-electron chi connectivity index (χ4n) is 3.97. The summed E-state index contributed by atoms with van der Waals surface area (Å²) >= 11 is 0. The van der Waals surface area contributed by atoms with Gasteiger partial charge in [0.15, 0.2) is 0 Å². The van der Waals surface area contributed by atoms with Crippen LogP contribution in [0.2, 0.25) is 0 Å². The first kappa shape index (κ1) is 19.9. The van der Waals surface area contributed by atoms with Gasteiger partial charge in [-0.15, -0.1) is 0 Å². The summed E-state index contributed by atoms with van der Waals surface area (Å²) in [5.41, 5.74) is 1.59. The molecule has 0 saturated heterocycles. The van der Waals surface area contributed by atoms with Crippen molar-refractivity contribution in [3.8, 4) is 6.07 Å². The zero-order valence-electron chi connectivity index (χ0n) is 16.7. The number of hydrogen-bond donors (Lipinski definition) is 2. The first-order valence-electron chi connectivity index (χ1n) is 9.97. The highest BCUT2D eigenvalue weighted by Crippen LogP contribution is 2.26. The standard InChI is InChI=1S/C22H28N4O2/c1-14(2)18(13-23)25-21(27)16-9-5-6-10-17(16)24-22(28)20-12-15-8-4-7-11-19(15)26(20)3/h4,7-8,11-12,14,16-18H,5-6,9-10H2,1-3H3,(H,24,28)(H,25,27)/t16-,17+,18-/m1/s1. The zero-order chi connectivity index (χ0) is 20.3. The molecule has 1 aliphatic rings. The molecule has 0 aliphatic heterocycles. The van der Waals surface area contributed by atoms with E-state index >= 15 is 0 Å². The van der Waals surface area contributed by atoms with Crippen LogP contribution in [0, 0.1) is 23.2 Å². The second-order valence-electron chi connectivity index (χ2n) is 7.98. The second kappa shape index (κ2) is 8.47. The smallest absolute Gasteiger partial charge is 0.268 e. The predicted molar refractivity (Wildman–Crippen MR) is 109 cm³/mol. The van der Waals surface area contributed by atoms with Gasteiger partial charge in [0.1, 0.15) is 11.7 Å². The third-order valence-corrected chi connectivity index (χ3v) is 5.71. The highest BCUT2D eigenvalue weighted by atomic mass is 16.2. The van der Waals surface area contributed by atoms with Crippen LogP contribution < -0.4 is 10.6 Å². The quantitative estimate of drug-likeness (QED) is 0.835. The van der Waals surface area contributed by atoms with E-state index in [0.717, 1.165) is 36.6 Å². The topological polar surface area (TPSA) is 86.9 Å². The van der Waals surface area contributed by atoms with Gasteiger partial charge in [0, 0.05) is 24.0 Å². The molecule has 3 rings (SSSR count). The number of nitriles is 1. The molecule has 2 N–H and O–H groups in total. The molecule has 1 fully saturated rings. The summed E-state index contributed by atoms with van der Waals surface area (Å²) < 4.78 is 1.88. The molecule has 0 bridgehead atoms. The molecule has 0 spiro atoms.